The van der Waals surface area contributed by atoms with Crippen molar-refractivity contribution in [3.05, 3.63) is 0 Å². The van der Waals surface area contributed by atoms with Crippen molar-refractivity contribution >= 4 is 15.0 Å². The predicted octanol–water partition coefficient (Wildman–Crippen LogP) is 3.22. The van der Waals surface area contributed by atoms with Crippen molar-refractivity contribution in [1.82, 2.24) is 0 Å². The van der Waals surface area contributed by atoms with Crippen molar-refractivity contribution in [2.24, 2.45) is 0 Å². The topological polar surface area (TPSA) is 9.23 Å². The van der Waals surface area contributed by atoms with Gasteiger partial charge in [0.05, 0.1) is 0 Å². The molecule has 2 heteroatoms. The summed E-state index contributed by atoms with van der Waals surface area (Å²) in [5.74, 6) is 0. The molecular formula is C9H21AsO. The molecule has 0 heterocycles. The molecule has 0 N–H and O–H groups in total. The fraction of sp³-hybridized carbons (Fsp3) is 1.00. The van der Waals surface area contributed by atoms with Crippen LogP contribution in [0.3, 0.4) is 0 Å². The molecule has 0 aromatic rings. The third-order valence-electron chi connectivity index (χ3n) is 1.78. The molecule has 0 aromatic carbocycles. The molecule has 0 saturated carbocycles. The maximum atomic E-state index is 5.50. The van der Waals surface area contributed by atoms with Crippen LogP contribution in [0.2, 0.25) is 10.4 Å². The molecule has 68 valence electrons. The van der Waals surface area contributed by atoms with Crippen molar-refractivity contribution < 1.29 is 3.73 Å². The van der Waals surface area contributed by atoms with Crippen LogP contribution >= 0.6 is 0 Å². The first-order valence-corrected chi connectivity index (χ1v) is 8.06. The maximum absolute atomic E-state index is 5.50. The first kappa shape index (κ1) is 11.5. The van der Waals surface area contributed by atoms with Gasteiger partial charge >= 0.3 is 75.8 Å². The first-order valence-electron chi connectivity index (χ1n) is 4.64. The zero-order valence-electron chi connectivity index (χ0n) is 8.10. The van der Waals surface area contributed by atoms with Crippen LogP contribution in [0.1, 0.15) is 39.5 Å². The Balaban J connectivity index is 3.25. The molecule has 0 aliphatic heterocycles. The average Bonchev–Trinajstić information content (AvgIpc) is 2.05. The molecule has 0 fully saturated rings. The minimum absolute atomic E-state index is 0.812. The van der Waals surface area contributed by atoms with Crippen molar-refractivity contribution in [3.63, 3.8) is 0 Å². The van der Waals surface area contributed by atoms with E-state index in [0.717, 1.165) is 0 Å². The van der Waals surface area contributed by atoms with Crippen LogP contribution in [-0.2, 0) is 3.73 Å². The fourth-order valence-electron chi connectivity index (χ4n) is 0.963. The van der Waals surface area contributed by atoms with Crippen molar-refractivity contribution in [2.75, 3.05) is 7.11 Å². The van der Waals surface area contributed by atoms with Gasteiger partial charge in [0, 0.05) is 0 Å². The van der Waals surface area contributed by atoms with Crippen LogP contribution in [0.4, 0.5) is 0 Å². The van der Waals surface area contributed by atoms with Crippen molar-refractivity contribution in [2.45, 2.75) is 49.9 Å². The quantitative estimate of drug-likeness (QED) is 0.598. The van der Waals surface area contributed by atoms with Crippen molar-refractivity contribution in [3.8, 4) is 0 Å². The number of unbranched alkanes of at least 4 members (excludes halogenated alkanes) is 2. The van der Waals surface area contributed by atoms with Crippen LogP contribution in [0.5, 0.6) is 0 Å². The van der Waals surface area contributed by atoms with E-state index in [1.807, 2.05) is 7.11 Å². The van der Waals surface area contributed by atoms with Gasteiger partial charge in [-0.3, -0.25) is 0 Å². The fourth-order valence-corrected chi connectivity index (χ4v) is 5.01. The Hall–Kier alpha value is 0.518. The van der Waals surface area contributed by atoms with E-state index in [2.05, 4.69) is 13.8 Å². The van der Waals surface area contributed by atoms with Gasteiger partial charge in [-0.05, 0) is 0 Å². The average molecular weight is 220 g/mol. The zero-order valence-corrected chi connectivity index (χ0v) is 9.97. The molecule has 0 bridgehead atoms. The number of hydrogen-bond donors (Lipinski definition) is 0. The van der Waals surface area contributed by atoms with E-state index < -0.39 is 15.0 Å². The molecule has 1 nitrogen and oxygen atoms in total. The van der Waals surface area contributed by atoms with Crippen LogP contribution in [0.15, 0.2) is 0 Å². The predicted molar refractivity (Wildman–Crippen MR) is 52.2 cm³/mol. The summed E-state index contributed by atoms with van der Waals surface area (Å²) < 4.78 is 5.50. The molecule has 0 amide bonds. The number of hydrogen-bond acceptors (Lipinski definition) is 1. The van der Waals surface area contributed by atoms with E-state index in [9.17, 15) is 0 Å². The van der Waals surface area contributed by atoms with E-state index in [0.29, 0.717) is 0 Å². The summed E-state index contributed by atoms with van der Waals surface area (Å²) in [4.78, 5) is 0. The second kappa shape index (κ2) is 8.61. The summed E-state index contributed by atoms with van der Waals surface area (Å²) in [6.45, 7) is 4.50. The summed E-state index contributed by atoms with van der Waals surface area (Å²) in [5.41, 5.74) is 0. The first-order chi connectivity index (χ1) is 5.35. The SMILES string of the molecule is CCCC[As](CCCC)OC. The van der Waals surface area contributed by atoms with Gasteiger partial charge in [0.1, 0.15) is 0 Å². The van der Waals surface area contributed by atoms with Gasteiger partial charge < -0.3 is 0 Å². The Labute approximate surface area is 76.1 Å². The standard InChI is InChI=1S/C9H21AsO/c1-4-6-8-10(11-3)9-7-5-2/h4-9H2,1-3H3. The molecule has 11 heavy (non-hydrogen) atoms. The Morgan fingerprint density at radius 1 is 1.00 bits per heavy atom. The van der Waals surface area contributed by atoms with E-state index in [4.69, 9.17) is 3.73 Å². The molecule has 0 aliphatic rings. The molecule has 0 unspecified atom stereocenters. The molecule has 0 rings (SSSR count). The molecule has 0 aliphatic carbocycles. The van der Waals surface area contributed by atoms with E-state index >= 15 is 0 Å². The third kappa shape index (κ3) is 6.90. The molecule has 0 spiro atoms. The minimum atomic E-state index is -0.812. The van der Waals surface area contributed by atoms with Crippen LogP contribution in [0.25, 0.3) is 0 Å². The van der Waals surface area contributed by atoms with Gasteiger partial charge in [-0.2, -0.15) is 0 Å². The van der Waals surface area contributed by atoms with Gasteiger partial charge in [-0.15, -0.1) is 0 Å². The van der Waals surface area contributed by atoms with Crippen molar-refractivity contribution in [1.29, 1.82) is 0 Å². The Morgan fingerprint density at radius 2 is 1.45 bits per heavy atom. The molecule has 0 saturated heterocycles. The Kier molecular flexibility index (Phi) is 9.02. The number of rotatable bonds is 7. The molecule has 0 aromatic heterocycles. The van der Waals surface area contributed by atoms with Gasteiger partial charge in [0.15, 0.2) is 0 Å². The van der Waals surface area contributed by atoms with Gasteiger partial charge in [-0.1, -0.05) is 0 Å². The third-order valence-corrected chi connectivity index (χ3v) is 6.28. The van der Waals surface area contributed by atoms with Gasteiger partial charge in [0.2, 0.25) is 0 Å². The van der Waals surface area contributed by atoms with Gasteiger partial charge in [0.25, 0.3) is 0 Å². The summed E-state index contributed by atoms with van der Waals surface area (Å²) in [5, 5.41) is 2.78. The second-order valence-corrected chi connectivity index (χ2v) is 7.48. The van der Waals surface area contributed by atoms with E-state index in [-0.39, 0.29) is 0 Å². The Morgan fingerprint density at radius 3 is 1.73 bits per heavy atom. The monoisotopic (exact) mass is 220 g/mol. The molecule has 0 radical (unpaired) electrons. The van der Waals surface area contributed by atoms with Crippen LogP contribution in [-0.4, -0.2) is 22.1 Å². The molecule has 0 atom stereocenters. The summed E-state index contributed by atoms with van der Waals surface area (Å²) in [6, 6.07) is 0. The Bertz CT molecular complexity index is 68.0. The van der Waals surface area contributed by atoms with E-state index in [1.165, 1.54) is 36.1 Å². The molecular weight excluding hydrogens is 199 g/mol. The summed E-state index contributed by atoms with van der Waals surface area (Å²) in [6.07, 6.45) is 5.39. The second-order valence-electron chi connectivity index (χ2n) is 2.82. The van der Waals surface area contributed by atoms with Gasteiger partial charge in [-0.25, -0.2) is 0 Å². The zero-order chi connectivity index (χ0) is 8.53. The van der Waals surface area contributed by atoms with Crippen LogP contribution in [0, 0.1) is 0 Å². The normalized spacial score (nSPS) is 10.9. The van der Waals surface area contributed by atoms with E-state index in [1.54, 1.807) is 0 Å². The van der Waals surface area contributed by atoms with Crippen LogP contribution < -0.4 is 0 Å². The summed E-state index contributed by atoms with van der Waals surface area (Å²) in [7, 11) is 1.89. The summed E-state index contributed by atoms with van der Waals surface area (Å²) >= 11 is -0.812.